The molecule has 1 rings (SSSR count). The molecule has 0 aliphatic heterocycles. The van der Waals surface area contributed by atoms with Crippen LogP contribution in [0.25, 0.3) is 0 Å². The average molecular weight is 205 g/mol. The van der Waals surface area contributed by atoms with Crippen molar-refractivity contribution in [1.29, 1.82) is 0 Å². The third kappa shape index (κ3) is 3.13. The van der Waals surface area contributed by atoms with Gasteiger partial charge in [0.25, 0.3) is 5.82 Å². The largest absolute Gasteiger partial charge is 0.269 e. The summed E-state index contributed by atoms with van der Waals surface area (Å²) in [7, 11) is 0. The lowest BCUT2D eigenvalue weighted by Crippen LogP contribution is -2.31. The summed E-state index contributed by atoms with van der Waals surface area (Å²) in [4.78, 5) is 0. The molecule has 2 nitrogen and oxygen atoms in total. The van der Waals surface area contributed by atoms with Gasteiger partial charge >= 0.3 is 0 Å². The zero-order valence-corrected chi connectivity index (χ0v) is 10.1. The Morgan fingerprint density at radius 2 is 2.13 bits per heavy atom. The van der Waals surface area contributed by atoms with Crippen LogP contribution in [0.5, 0.6) is 0 Å². The van der Waals surface area contributed by atoms with E-state index >= 15 is 0 Å². The summed E-state index contributed by atoms with van der Waals surface area (Å²) in [5.74, 6) is 4.51. The highest BCUT2D eigenvalue weighted by atomic mass is 15.1. The molecule has 15 heavy (non-hydrogen) atoms. The molecule has 1 heterocycles. The van der Waals surface area contributed by atoms with E-state index in [0.717, 1.165) is 19.4 Å². The molecule has 0 bridgehead atoms. The third-order valence-corrected chi connectivity index (χ3v) is 2.52. The maximum atomic E-state index is 3.21. The van der Waals surface area contributed by atoms with E-state index in [1.165, 1.54) is 18.7 Å². The van der Waals surface area contributed by atoms with Crippen LogP contribution in [0.4, 0.5) is 0 Å². The number of rotatable bonds is 4. The van der Waals surface area contributed by atoms with Gasteiger partial charge < -0.3 is 0 Å². The fourth-order valence-electron chi connectivity index (χ4n) is 1.63. The van der Waals surface area contributed by atoms with Gasteiger partial charge in [0.2, 0.25) is 0 Å². The van der Waals surface area contributed by atoms with Gasteiger partial charge in [-0.15, -0.1) is 0 Å². The smallest absolute Gasteiger partial charge is 0.234 e. The second kappa shape index (κ2) is 6.29. The Kier molecular flexibility index (Phi) is 4.97. The van der Waals surface area contributed by atoms with Crippen molar-refractivity contribution in [3.05, 3.63) is 18.2 Å². The van der Waals surface area contributed by atoms with Crippen molar-refractivity contribution < 1.29 is 4.57 Å². The molecule has 2 heteroatoms. The molecule has 0 N–H and O–H groups in total. The van der Waals surface area contributed by atoms with Gasteiger partial charge in [-0.3, -0.25) is 0 Å². The van der Waals surface area contributed by atoms with E-state index < -0.39 is 0 Å². The fourth-order valence-corrected chi connectivity index (χ4v) is 1.63. The van der Waals surface area contributed by atoms with Crippen molar-refractivity contribution in [2.75, 3.05) is 0 Å². The Morgan fingerprint density at radius 1 is 1.33 bits per heavy atom. The van der Waals surface area contributed by atoms with Crippen LogP contribution in [-0.4, -0.2) is 4.57 Å². The van der Waals surface area contributed by atoms with Crippen LogP contribution in [-0.2, 0) is 13.0 Å². The molecule has 0 aromatic carbocycles. The van der Waals surface area contributed by atoms with Gasteiger partial charge in [-0.1, -0.05) is 26.2 Å². The van der Waals surface area contributed by atoms with E-state index in [1.807, 2.05) is 0 Å². The zero-order valence-electron chi connectivity index (χ0n) is 10.1. The number of nitrogens with zero attached hydrogens (tertiary/aromatic N) is 2. The summed E-state index contributed by atoms with van der Waals surface area (Å²) in [5, 5.41) is 0. The Labute approximate surface area is 92.9 Å². The predicted molar refractivity (Wildman–Crippen MR) is 62.4 cm³/mol. The van der Waals surface area contributed by atoms with Gasteiger partial charge in [-0.2, -0.15) is 4.57 Å². The van der Waals surface area contributed by atoms with Crippen LogP contribution in [0.15, 0.2) is 12.4 Å². The summed E-state index contributed by atoms with van der Waals surface area (Å²) in [6.07, 6.45) is 8.61. The van der Waals surface area contributed by atoms with Gasteiger partial charge in [-0.25, -0.2) is 4.57 Å². The predicted octanol–water partition coefficient (Wildman–Crippen LogP) is 2.36. The van der Waals surface area contributed by atoms with Gasteiger partial charge in [0.15, 0.2) is 0 Å². The quantitative estimate of drug-likeness (QED) is 0.405. The van der Waals surface area contributed by atoms with Crippen molar-refractivity contribution in [2.24, 2.45) is 0 Å². The fraction of sp³-hybridized carbons (Fsp3) is 0.615. The summed E-state index contributed by atoms with van der Waals surface area (Å²) in [6, 6.07) is 3.20. The number of hydrogen-bond acceptors (Lipinski definition) is 0. The SMILES string of the molecule is CCCCC#C[n+]1ccn(CC)c1CC. The number of aromatic nitrogens is 2. The van der Waals surface area contributed by atoms with Gasteiger partial charge in [-0.05, 0) is 13.3 Å². The van der Waals surface area contributed by atoms with Crippen molar-refractivity contribution in [3.63, 3.8) is 0 Å². The average Bonchev–Trinajstić information content (AvgIpc) is 2.66. The van der Waals surface area contributed by atoms with Crippen LogP contribution in [0, 0.1) is 12.0 Å². The molecular formula is C13H21N2+. The molecule has 0 radical (unpaired) electrons. The second-order valence-electron chi connectivity index (χ2n) is 3.62. The molecular weight excluding hydrogens is 184 g/mol. The Morgan fingerprint density at radius 3 is 2.73 bits per heavy atom. The molecule has 0 amide bonds. The highest BCUT2D eigenvalue weighted by molar-refractivity contribution is 4.94. The number of aryl methyl sites for hydroxylation is 1. The molecule has 1 aromatic rings. The van der Waals surface area contributed by atoms with Crippen molar-refractivity contribution >= 4 is 0 Å². The van der Waals surface area contributed by atoms with E-state index in [1.54, 1.807) is 0 Å². The van der Waals surface area contributed by atoms with Crippen LogP contribution in [0.3, 0.4) is 0 Å². The first kappa shape index (κ1) is 11.8. The van der Waals surface area contributed by atoms with Crippen LogP contribution in [0.2, 0.25) is 0 Å². The number of imidazole rings is 1. The first-order valence-electron chi connectivity index (χ1n) is 5.92. The minimum Gasteiger partial charge on any atom is -0.234 e. The highest BCUT2D eigenvalue weighted by Crippen LogP contribution is 1.95. The maximum absolute atomic E-state index is 3.21. The molecule has 0 saturated heterocycles. The van der Waals surface area contributed by atoms with Crippen molar-refractivity contribution in [1.82, 2.24) is 4.57 Å². The van der Waals surface area contributed by atoms with Crippen molar-refractivity contribution in [3.8, 4) is 12.0 Å². The molecule has 0 aliphatic rings. The van der Waals surface area contributed by atoms with Crippen LogP contribution in [0.1, 0.15) is 45.9 Å². The van der Waals surface area contributed by atoms with Crippen LogP contribution < -0.4 is 4.57 Å². The maximum Gasteiger partial charge on any atom is 0.269 e. The molecule has 0 atom stereocenters. The van der Waals surface area contributed by atoms with E-state index in [-0.39, 0.29) is 0 Å². The minimum atomic E-state index is 1.00. The van der Waals surface area contributed by atoms with E-state index in [2.05, 4.69) is 54.3 Å². The molecule has 0 aliphatic carbocycles. The lowest BCUT2D eigenvalue weighted by atomic mass is 10.3. The summed E-state index contributed by atoms with van der Waals surface area (Å²) < 4.78 is 4.30. The zero-order chi connectivity index (χ0) is 11.1. The summed E-state index contributed by atoms with van der Waals surface area (Å²) >= 11 is 0. The second-order valence-corrected chi connectivity index (χ2v) is 3.62. The molecule has 0 spiro atoms. The van der Waals surface area contributed by atoms with E-state index in [4.69, 9.17) is 0 Å². The lowest BCUT2D eigenvalue weighted by Gasteiger charge is -1.94. The first-order valence-corrected chi connectivity index (χ1v) is 5.92. The topological polar surface area (TPSA) is 8.81 Å². The molecule has 0 saturated carbocycles. The monoisotopic (exact) mass is 205 g/mol. The Balaban J connectivity index is 2.74. The molecule has 0 fully saturated rings. The highest BCUT2D eigenvalue weighted by Gasteiger charge is 2.11. The number of hydrogen-bond donors (Lipinski definition) is 0. The van der Waals surface area contributed by atoms with E-state index in [0.29, 0.717) is 0 Å². The van der Waals surface area contributed by atoms with Gasteiger partial charge in [0, 0.05) is 12.8 Å². The Hall–Kier alpha value is -1.23. The summed E-state index contributed by atoms with van der Waals surface area (Å²) in [6.45, 7) is 7.55. The van der Waals surface area contributed by atoms with Gasteiger partial charge in [0.05, 0.1) is 6.54 Å². The van der Waals surface area contributed by atoms with E-state index in [9.17, 15) is 0 Å². The lowest BCUT2D eigenvalue weighted by molar-refractivity contribution is -0.592. The van der Waals surface area contributed by atoms with Crippen LogP contribution >= 0.6 is 0 Å². The first-order chi connectivity index (χ1) is 7.33. The summed E-state index contributed by atoms with van der Waals surface area (Å²) in [5.41, 5.74) is 0. The molecule has 0 unspecified atom stereocenters. The Bertz CT molecular complexity index is 352. The normalized spacial score (nSPS) is 9.80. The van der Waals surface area contributed by atoms with Crippen molar-refractivity contribution in [2.45, 2.75) is 53.0 Å². The minimum absolute atomic E-state index is 1.00. The molecule has 82 valence electrons. The standard InChI is InChI=1S/C13H21N2/c1-4-7-8-9-10-15-12-11-14(6-3)13(15)5-2/h11-12H,4-8H2,1-3H3/q+1. The molecule has 1 aromatic heterocycles. The van der Waals surface area contributed by atoms with Gasteiger partial charge in [0.1, 0.15) is 18.4 Å². The third-order valence-electron chi connectivity index (χ3n) is 2.52. The number of unbranched alkanes of at least 4 members (excludes halogenated alkanes) is 2.